The highest BCUT2D eigenvalue weighted by Crippen LogP contribution is 2.36. The molecular formula is C24H25ClF3N7O. The van der Waals surface area contributed by atoms with Crippen LogP contribution in [-0.2, 0) is 6.18 Å². The molecule has 12 heteroatoms. The van der Waals surface area contributed by atoms with Crippen LogP contribution in [0.1, 0.15) is 11.4 Å². The van der Waals surface area contributed by atoms with E-state index in [2.05, 4.69) is 42.8 Å². The number of carbonyl (C=O) groups is 1. The van der Waals surface area contributed by atoms with Crippen molar-refractivity contribution in [3.8, 4) is 0 Å². The minimum Gasteiger partial charge on any atom is -0.354 e. The summed E-state index contributed by atoms with van der Waals surface area (Å²) in [5.74, 6) is 1.96. The van der Waals surface area contributed by atoms with E-state index in [-0.39, 0.29) is 5.69 Å². The molecule has 2 aromatic carbocycles. The number of halogens is 4. The Balaban J connectivity index is 1.49. The van der Waals surface area contributed by atoms with Crippen LogP contribution in [0.5, 0.6) is 0 Å². The Morgan fingerprint density at radius 1 is 0.972 bits per heavy atom. The predicted molar refractivity (Wildman–Crippen MR) is 135 cm³/mol. The first-order valence-electron chi connectivity index (χ1n) is 11.2. The third kappa shape index (κ3) is 6.35. The standard InChI is InChI=1S/C24H25ClF3N7O/c1-15-29-21(14-22(30-15)35-11-9-34(2)10-12-35)32-19-5-3-4-6-20(19)33-23(36)31-16-7-8-18(25)17(13-16)24(26,27)28/h3-8,13-14H,9-12H2,1-2H3,(H,29,30,32)(H2,31,33,36). The average Bonchev–Trinajstić information content (AvgIpc) is 2.81. The Morgan fingerprint density at radius 2 is 1.67 bits per heavy atom. The summed E-state index contributed by atoms with van der Waals surface area (Å²) in [7, 11) is 2.08. The molecule has 4 rings (SSSR count). The molecule has 0 radical (unpaired) electrons. The van der Waals surface area contributed by atoms with Gasteiger partial charge in [-0.05, 0) is 44.3 Å². The molecule has 36 heavy (non-hydrogen) atoms. The molecule has 0 bridgehead atoms. The van der Waals surface area contributed by atoms with E-state index in [1.54, 1.807) is 24.3 Å². The highest BCUT2D eigenvalue weighted by molar-refractivity contribution is 6.31. The van der Waals surface area contributed by atoms with Gasteiger partial charge in [-0.3, -0.25) is 0 Å². The van der Waals surface area contributed by atoms with Crippen LogP contribution in [0.25, 0.3) is 0 Å². The summed E-state index contributed by atoms with van der Waals surface area (Å²) in [6.45, 7) is 5.39. The lowest BCUT2D eigenvalue weighted by Crippen LogP contribution is -2.44. The number of aromatic nitrogens is 2. The van der Waals surface area contributed by atoms with Crippen LogP contribution in [0.4, 0.5) is 46.7 Å². The van der Waals surface area contributed by atoms with Crippen molar-refractivity contribution in [2.75, 3.05) is 54.1 Å². The fraction of sp³-hybridized carbons (Fsp3) is 0.292. The number of alkyl halides is 3. The molecule has 2 heterocycles. The first-order chi connectivity index (χ1) is 17.1. The van der Waals surface area contributed by atoms with Gasteiger partial charge in [0.05, 0.1) is 22.0 Å². The maximum atomic E-state index is 13.1. The Morgan fingerprint density at radius 3 is 2.36 bits per heavy atom. The van der Waals surface area contributed by atoms with Crippen molar-refractivity contribution in [1.29, 1.82) is 0 Å². The van der Waals surface area contributed by atoms with Crippen LogP contribution in [0.15, 0.2) is 48.5 Å². The molecule has 1 saturated heterocycles. The second kappa shape index (κ2) is 10.6. The molecule has 0 spiro atoms. The Hall–Kier alpha value is -3.57. The zero-order chi connectivity index (χ0) is 25.9. The second-order valence-corrected chi connectivity index (χ2v) is 8.80. The normalized spacial score (nSPS) is 14.4. The van der Waals surface area contributed by atoms with Gasteiger partial charge in [-0.2, -0.15) is 13.2 Å². The van der Waals surface area contributed by atoms with Crippen molar-refractivity contribution in [3.05, 3.63) is 64.9 Å². The van der Waals surface area contributed by atoms with E-state index in [1.807, 2.05) is 13.0 Å². The number of aryl methyl sites for hydroxylation is 1. The lowest BCUT2D eigenvalue weighted by molar-refractivity contribution is -0.137. The maximum absolute atomic E-state index is 13.1. The third-order valence-corrected chi connectivity index (χ3v) is 5.95. The second-order valence-electron chi connectivity index (χ2n) is 8.39. The molecule has 1 fully saturated rings. The molecule has 0 atom stereocenters. The molecule has 1 aromatic heterocycles. The number of urea groups is 1. The summed E-state index contributed by atoms with van der Waals surface area (Å²) in [5.41, 5.74) is -0.100. The lowest BCUT2D eigenvalue weighted by atomic mass is 10.2. The molecule has 0 saturated carbocycles. The van der Waals surface area contributed by atoms with Crippen LogP contribution in [0.3, 0.4) is 0 Å². The van der Waals surface area contributed by atoms with Gasteiger partial charge in [0.15, 0.2) is 0 Å². The number of rotatable bonds is 5. The van der Waals surface area contributed by atoms with Crippen molar-refractivity contribution in [3.63, 3.8) is 0 Å². The number of hydrogen-bond donors (Lipinski definition) is 3. The number of nitrogens with one attached hydrogen (secondary N) is 3. The topological polar surface area (TPSA) is 85.4 Å². The number of para-hydroxylation sites is 2. The van der Waals surface area contributed by atoms with Gasteiger partial charge in [0.25, 0.3) is 0 Å². The number of anilines is 5. The van der Waals surface area contributed by atoms with Gasteiger partial charge < -0.3 is 25.8 Å². The van der Waals surface area contributed by atoms with Crippen molar-refractivity contribution in [2.24, 2.45) is 0 Å². The molecule has 3 N–H and O–H groups in total. The number of hydrogen-bond acceptors (Lipinski definition) is 6. The van der Waals surface area contributed by atoms with E-state index in [0.717, 1.165) is 44.1 Å². The van der Waals surface area contributed by atoms with Crippen LogP contribution in [0, 0.1) is 6.92 Å². The van der Waals surface area contributed by atoms with E-state index in [4.69, 9.17) is 11.6 Å². The average molecular weight is 520 g/mol. The molecular weight excluding hydrogens is 495 g/mol. The summed E-state index contributed by atoms with van der Waals surface area (Å²) >= 11 is 5.65. The van der Waals surface area contributed by atoms with E-state index in [0.29, 0.717) is 23.0 Å². The molecule has 1 aliphatic heterocycles. The number of piperazine rings is 1. The van der Waals surface area contributed by atoms with Crippen molar-refractivity contribution < 1.29 is 18.0 Å². The quantitative estimate of drug-likeness (QED) is 0.407. The minimum atomic E-state index is -4.64. The van der Waals surface area contributed by atoms with Crippen molar-refractivity contribution >= 4 is 46.3 Å². The fourth-order valence-corrected chi connectivity index (χ4v) is 3.98. The minimum absolute atomic E-state index is 0.0436. The summed E-state index contributed by atoms with van der Waals surface area (Å²) in [5, 5.41) is 7.84. The van der Waals surface area contributed by atoms with E-state index in [9.17, 15) is 18.0 Å². The summed E-state index contributed by atoms with van der Waals surface area (Å²) in [6.07, 6.45) is -4.64. The number of carbonyl (C=O) groups excluding carboxylic acids is 1. The van der Waals surface area contributed by atoms with E-state index in [1.165, 1.54) is 6.07 Å². The molecule has 3 aromatic rings. The molecule has 8 nitrogen and oxygen atoms in total. The lowest BCUT2D eigenvalue weighted by Gasteiger charge is -2.33. The molecule has 0 aliphatic carbocycles. The Bertz CT molecular complexity index is 1250. The maximum Gasteiger partial charge on any atom is 0.417 e. The zero-order valence-corrected chi connectivity index (χ0v) is 20.4. The van der Waals surface area contributed by atoms with Gasteiger partial charge in [-0.15, -0.1) is 0 Å². The fourth-order valence-electron chi connectivity index (χ4n) is 3.76. The highest BCUT2D eigenvalue weighted by Gasteiger charge is 2.33. The summed E-state index contributed by atoms with van der Waals surface area (Å²) in [6, 6.07) is 11.2. The number of amides is 2. The smallest absolute Gasteiger partial charge is 0.354 e. The van der Waals surface area contributed by atoms with Gasteiger partial charge in [0, 0.05) is 37.9 Å². The highest BCUT2D eigenvalue weighted by atomic mass is 35.5. The van der Waals surface area contributed by atoms with Gasteiger partial charge >= 0.3 is 12.2 Å². The summed E-state index contributed by atoms with van der Waals surface area (Å²) in [4.78, 5) is 26.0. The van der Waals surface area contributed by atoms with Gasteiger partial charge in [0.2, 0.25) is 0 Å². The molecule has 1 aliphatic rings. The van der Waals surface area contributed by atoms with Crippen LogP contribution in [-0.4, -0.2) is 54.1 Å². The number of benzene rings is 2. The van der Waals surface area contributed by atoms with Crippen LogP contribution in [0.2, 0.25) is 5.02 Å². The molecule has 0 unspecified atom stereocenters. The van der Waals surface area contributed by atoms with Crippen molar-refractivity contribution in [2.45, 2.75) is 13.1 Å². The van der Waals surface area contributed by atoms with Crippen LogP contribution < -0.4 is 20.9 Å². The van der Waals surface area contributed by atoms with Crippen molar-refractivity contribution in [1.82, 2.24) is 14.9 Å². The molecule has 2 amide bonds. The summed E-state index contributed by atoms with van der Waals surface area (Å²) < 4.78 is 39.4. The zero-order valence-electron chi connectivity index (χ0n) is 19.7. The predicted octanol–water partition coefficient (Wildman–Crippen LogP) is 5.60. The van der Waals surface area contributed by atoms with E-state index >= 15 is 0 Å². The Labute approximate surface area is 211 Å². The third-order valence-electron chi connectivity index (χ3n) is 5.62. The SMILES string of the molecule is Cc1nc(Nc2ccccc2NC(=O)Nc2ccc(Cl)c(C(F)(F)F)c2)cc(N2CCN(C)CC2)n1. The molecule has 190 valence electrons. The largest absolute Gasteiger partial charge is 0.417 e. The van der Waals surface area contributed by atoms with Crippen LogP contribution >= 0.6 is 11.6 Å². The first-order valence-corrected chi connectivity index (χ1v) is 11.6. The van der Waals surface area contributed by atoms with Gasteiger partial charge in [0.1, 0.15) is 17.5 Å². The van der Waals surface area contributed by atoms with E-state index < -0.39 is 22.8 Å². The Kier molecular flexibility index (Phi) is 7.51. The number of nitrogens with zero attached hydrogens (tertiary/aromatic N) is 4. The first kappa shape index (κ1) is 25.5. The number of likely N-dealkylation sites (N-methyl/N-ethyl adjacent to an activating group) is 1. The van der Waals surface area contributed by atoms with Gasteiger partial charge in [-0.25, -0.2) is 14.8 Å². The van der Waals surface area contributed by atoms with Gasteiger partial charge in [-0.1, -0.05) is 23.7 Å². The monoisotopic (exact) mass is 519 g/mol.